The number of nitrogens with zero attached hydrogens (tertiary/aromatic N) is 3. The highest BCUT2D eigenvalue weighted by atomic mass is 16.6. The third kappa shape index (κ3) is 19.1. The van der Waals surface area contributed by atoms with E-state index in [2.05, 4.69) is 0 Å². The van der Waals surface area contributed by atoms with Crippen molar-refractivity contribution in [1.29, 1.82) is 0 Å². The van der Waals surface area contributed by atoms with E-state index in [-0.39, 0.29) is 18.5 Å². The normalized spacial score (nSPS) is 12.0. The van der Waals surface area contributed by atoms with E-state index in [9.17, 15) is 9.59 Å². The number of likely N-dealkylation sites (N-methyl/N-ethyl adjacent to an activating group) is 1. The summed E-state index contributed by atoms with van der Waals surface area (Å²) in [5.41, 5.74) is 0. The zero-order valence-electron chi connectivity index (χ0n) is 18.2. The van der Waals surface area contributed by atoms with Crippen molar-refractivity contribution in [3.05, 3.63) is 0 Å². The molecule has 7 nitrogen and oxygen atoms in total. The van der Waals surface area contributed by atoms with Gasteiger partial charge in [-0.15, -0.1) is 0 Å². The summed E-state index contributed by atoms with van der Waals surface area (Å²) in [6.45, 7) is 6.33. The highest BCUT2D eigenvalue weighted by molar-refractivity contribution is 5.70. The number of carbonyl (C=O) groups excluding carboxylic acids is 2. The summed E-state index contributed by atoms with van der Waals surface area (Å²) in [5.74, 6) is -0.489. The van der Waals surface area contributed by atoms with Gasteiger partial charge in [-0.1, -0.05) is 13.8 Å². The van der Waals surface area contributed by atoms with Crippen molar-refractivity contribution >= 4 is 11.9 Å². The third-order valence-electron chi connectivity index (χ3n) is 3.27. The Morgan fingerprint density at radius 2 is 1.23 bits per heavy atom. The van der Waals surface area contributed by atoms with Crippen LogP contribution in [0.15, 0.2) is 0 Å². The Balaban J connectivity index is 0. The van der Waals surface area contributed by atoms with Crippen LogP contribution in [0, 0.1) is 0 Å². The lowest BCUT2D eigenvalue weighted by Gasteiger charge is -2.21. The second-order valence-corrected chi connectivity index (χ2v) is 6.87. The molecule has 0 heterocycles. The molecule has 0 N–H and O–H groups in total. The lowest BCUT2D eigenvalue weighted by Crippen LogP contribution is -2.35. The summed E-state index contributed by atoms with van der Waals surface area (Å²) in [7, 11) is 11.7. The molecule has 0 aromatic rings. The molecule has 26 heavy (non-hydrogen) atoms. The van der Waals surface area contributed by atoms with Gasteiger partial charge >= 0.3 is 11.9 Å². The zero-order valence-corrected chi connectivity index (χ0v) is 18.2. The SMILES string of the molecule is CC.CN(C)CCCC(=O)OCC(CN(C)C)OC(=O)CCCN(C)C. The van der Waals surface area contributed by atoms with E-state index in [4.69, 9.17) is 9.47 Å². The van der Waals surface area contributed by atoms with Gasteiger partial charge in [-0.05, 0) is 68.2 Å². The number of hydrogen-bond acceptors (Lipinski definition) is 7. The largest absolute Gasteiger partial charge is 0.462 e. The molecular weight excluding hydrogens is 334 g/mol. The van der Waals surface area contributed by atoms with Crippen molar-refractivity contribution in [3.8, 4) is 0 Å². The molecule has 1 unspecified atom stereocenters. The highest BCUT2D eigenvalue weighted by Gasteiger charge is 2.18. The molecule has 0 amide bonds. The van der Waals surface area contributed by atoms with Crippen LogP contribution in [-0.2, 0) is 19.1 Å². The molecule has 0 spiro atoms. The first-order valence-corrected chi connectivity index (χ1v) is 9.50. The maximum Gasteiger partial charge on any atom is 0.306 e. The van der Waals surface area contributed by atoms with Crippen LogP contribution >= 0.6 is 0 Å². The van der Waals surface area contributed by atoms with Crippen LogP contribution in [0.4, 0.5) is 0 Å². The molecule has 0 aromatic heterocycles. The quantitative estimate of drug-likeness (QED) is 0.454. The van der Waals surface area contributed by atoms with Crippen LogP contribution in [0.1, 0.15) is 39.5 Å². The molecule has 0 fully saturated rings. The second kappa shape index (κ2) is 17.2. The van der Waals surface area contributed by atoms with Crippen LogP contribution in [0.5, 0.6) is 0 Å². The molecule has 0 saturated carbocycles. The van der Waals surface area contributed by atoms with E-state index in [1.807, 2.05) is 70.8 Å². The van der Waals surface area contributed by atoms with Gasteiger partial charge in [0.15, 0.2) is 0 Å². The molecule has 0 bridgehead atoms. The van der Waals surface area contributed by atoms with Gasteiger partial charge in [0.1, 0.15) is 12.7 Å². The molecule has 1 atom stereocenters. The standard InChI is InChI=1S/C17H35N3O4.C2H6/c1-18(2)11-7-9-16(21)23-14-15(13-20(5)6)24-17(22)10-8-12-19(3)4;1-2/h15H,7-14H2,1-6H3;1-2H3. The molecule has 7 heteroatoms. The van der Waals surface area contributed by atoms with Gasteiger partial charge in [0.05, 0.1) is 0 Å². The van der Waals surface area contributed by atoms with Crippen LogP contribution < -0.4 is 0 Å². The lowest BCUT2D eigenvalue weighted by molar-refractivity contribution is -0.160. The van der Waals surface area contributed by atoms with Gasteiger partial charge in [0, 0.05) is 19.4 Å². The Hall–Kier alpha value is -1.18. The van der Waals surface area contributed by atoms with Gasteiger partial charge in [-0.25, -0.2) is 0 Å². The van der Waals surface area contributed by atoms with E-state index >= 15 is 0 Å². The molecule has 0 rings (SSSR count). The van der Waals surface area contributed by atoms with Crippen molar-refractivity contribution < 1.29 is 19.1 Å². The van der Waals surface area contributed by atoms with Crippen molar-refractivity contribution in [3.63, 3.8) is 0 Å². The number of carbonyl (C=O) groups is 2. The highest BCUT2D eigenvalue weighted by Crippen LogP contribution is 2.03. The summed E-state index contributed by atoms with van der Waals surface area (Å²) in [6, 6.07) is 0. The van der Waals surface area contributed by atoms with Crippen LogP contribution in [-0.4, -0.2) is 101 Å². The molecule has 0 aliphatic rings. The fourth-order valence-corrected chi connectivity index (χ4v) is 2.11. The monoisotopic (exact) mass is 375 g/mol. The second-order valence-electron chi connectivity index (χ2n) is 6.87. The minimum absolute atomic E-state index is 0.110. The summed E-state index contributed by atoms with van der Waals surface area (Å²) in [5, 5.41) is 0. The first-order valence-electron chi connectivity index (χ1n) is 9.50. The van der Waals surface area contributed by atoms with Crippen molar-refractivity contribution in [1.82, 2.24) is 14.7 Å². The molecule has 156 valence electrons. The molecule has 0 radical (unpaired) electrons. The average molecular weight is 376 g/mol. The predicted molar refractivity (Wildman–Crippen MR) is 106 cm³/mol. The Morgan fingerprint density at radius 3 is 1.65 bits per heavy atom. The Kier molecular flexibility index (Phi) is 17.9. The smallest absolute Gasteiger partial charge is 0.306 e. The van der Waals surface area contributed by atoms with Crippen LogP contribution in [0.2, 0.25) is 0 Å². The number of ether oxygens (including phenoxy) is 2. The number of rotatable bonds is 13. The van der Waals surface area contributed by atoms with Crippen molar-refractivity contribution in [2.45, 2.75) is 45.6 Å². The topological polar surface area (TPSA) is 62.3 Å². The van der Waals surface area contributed by atoms with Crippen molar-refractivity contribution in [2.75, 3.05) is 68.5 Å². The average Bonchev–Trinajstić information content (AvgIpc) is 2.53. The van der Waals surface area contributed by atoms with E-state index in [0.29, 0.717) is 19.4 Å². The number of esters is 2. The summed E-state index contributed by atoms with van der Waals surface area (Å²) < 4.78 is 10.7. The summed E-state index contributed by atoms with van der Waals surface area (Å²) in [4.78, 5) is 29.6. The molecule has 0 saturated heterocycles. The van der Waals surface area contributed by atoms with Crippen LogP contribution in [0.25, 0.3) is 0 Å². The number of hydrogen-bond donors (Lipinski definition) is 0. The Labute approximate surface area is 160 Å². The minimum Gasteiger partial charge on any atom is -0.462 e. The van der Waals surface area contributed by atoms with E-state index < -0.39 is 6.10 Å². The van der Waals surface area contributed by atoms with Gasteiger partial charge in [0.2, 0.25) is 0 Å². The maximum absolute atomic E-state index is 11.9. The maximum atomic E-state index is 11.9. The summed E-state index contributed by atoms with van der Waals surface area (Å²) in [6.07, 6.45) is 1.84. The first-order chi connectivity index (χ1) is 12.2. The van der Waals surface area contributed by atoms with Gasteiger partial charge in [-0.2, -0.15) is 0 Å². The zero-order chi connectivity index (χ0) is 20.5. The van der Waals surface area contributed by atoms with Gasteiger partial charge < -0.3 is 24.2 Å². The third-order valence-corrected chi connectivity index (χ3v) is 3.27. The van der Waals surface area contributed by atoms with Crippen molar-refractivity contribution in [2.24, 2.45) is 0 Å². The van der Waals surface area contributed by atoms with E-state index in [0.717, 1.165) is 25.9 Å². The molecular formula is C19H41N3O4. The fraction of sp³-hybridized carbons (Fsp3) is 0.895. The summed E-state index contributed by atoms with van der Waals surface area (Å²) >= 11 is 0. The molecule has 0 aliphatic carbocycles. The first kappa shape index (κ1) is 27.0. The fourth-order valence-electron chi connectivity index (χ4n) is 2.11. The van der Waals surface area contributed by atoms with E-state index in [1.54, 1.807) is 0 Å². The Bertz CT molecular complexity index is 361. The van der Waals surface area contributed by atoms with Gasteiger partial charge in [-0.3, -0.25) is 9.59 Å². The Morgan fingerprint density at radius 1 is 0.769 bits per heavy atom. The van der Waals surface area contributed by atoms with Gasteiger partial charge in [0.25, 0.3) is 0 Å². The van der Waals surface area contributed by atoms with Crippen LogP contribution in [0.3, 0.4) is 0 Å². The van der Waals surface area contributed by atoms with E-state index in [1.165, 1.54) is 0 Å². The molecule has 0 aromatic carbocycles. The molecule has 0 aliphatic heterocycles. The lowest BCUT2D eigenvalue weighted by atomic mass is 10.3. The minimum atomic E-state index is -0.426. The predicted octanol–water partition coefficient (Wildman–Crippen LogP) is 1.71.